The van der Waals surface area contributed by atoms with Crippen molar-refractivity contribution in [3.63, 3.8) is 0 Å². The minimum atomic E-state index is -0.180. The zero-order chi connectivity index (χ0) is 8.55. The lowest BCUT2D eigenvalue weighted by Crippen LogP contribution is -2.11. The highest BCUT2D eigenvalue weighted by Crippen LogP contribution is 2.31. The summed E-state index contributed by atoms with van der Waals surface area (Å²) in [5.74, 6) is 0.922. The van der Waals surface area contributed by atoms with Crippen LogP contribution in [0.5, 0.6) is 11.5 Å². The molecule has 1 aliphatic heterocycles. The van der Waals surface area contributed by atoms with Gasteiger partial charge in [-0.25, -0.2) is 0 Å². The largest absolute Gasteiger partial charge is 0.508 e. The Kier molecular flexibility index (Phi) is 1.52. The van der Waals surface area contributed by atoms with Gasteiger partial charge in [0.2, 0.25) is 0 Å². The second-order valence-electron chi connectivity index (χ2n) is 2.69. The Morgan fingerprint density at radius 2 is 2.25 bits per heavy atom. The first-order valence-corrected chi connectivity index (χ1v) is 3.69. The van der Waals surface area contributed by atoms with E-state index < -0.39 is 0 Å². The fraction of sp³-hybridized carbons (Fsp3) is 0.111. The SMILES string of the molecule is N[C@H]1C=COc2ccc(O)cc21. The first-order valence-electron chi connectivity index (χ1n) is 3.69. The Hall–Kier alpha value is -1.48. The van der Waals surface area contributed by atoms with E-state index in [1.54, 1.807) is 30.5 Å². The average molecular weight is 163 g/mol. The maximum Gasteiger partial charge on any atom is 0.131 e. The van der Waals surface area contributed by atoms with Gasteiger partial charge in [-0.3, -0.25) is 0 Å². The predicted octanol–water partition coefficient (Wildman–Crippen LogP) is 1.30. The van der Waals surface area contributed by atoms with Gasteiger partial charge in [0.25, 0.3) is 0 Å². The van der Waals surface area contributed by atoms with Gasteiger partial charge in [-0.15, -0.1) is 0 Å². The highest BCUT2D eigenvalue weighted by atomic mass is 16.5. The highest BCUT2D eigenvalue weighted by molar-refractivity contribution is 5.44. The summed E-state index contributed by atoms with van der Waals surface area (Å²) in [6.07, 6.45) is 3.30. The smallest absolute Gasteiger partial charge is 0.131 e. The van der Waals surface area contributed by atoms with Crippen molar-refractivity contribution in [2.24, 2.45) is 5.73 Å². The van der Waals surface area contributed by atoms with Crippen molar-refractivity contribution in [3.8, 4) is 11.5 Å². The standard InChI is InChI=1S/C9H9NO2/c10-8-3-4-12-9-2-1-6(11)5-7(8)9/h1-5,8,11H,10H2/t8-/m0/s1. The fourth-order valence-electron chi connectivity index (χ4n) is 1.20. The van der Waals surface area contributed by atoms with E-state index in [1.807, 2.05) is 0 Å². The first-order chi connectivity index (χ1) is 5.77. The zero-order valence-corrected chi connectivity index (χ0v) is 6.40. The van der Waals surface area contributed by atoms with Gasteiger partial charge in [0.15, 0.2) is 0 Å². The molecular formula is C9H9NO2. The quantitative estimate of drug-likeness (QED) is 0.606. The van der Waals surface area contributed by atoms with Crippen LogP contribution in [0.1, 0.15) is 11.6 Å². The third-order valence-corrected chi connectivity index (χ3v) is 1.83. The van der Waals surface area contributed by atoms with Crippen LogP contribution in [-0.2, 0) is 0 Å². The number of aromatic hydroxyl groups is 1. The number of phenolic OH excluding ortho intramolecular Hbond substituents is 1. The van der Waals surface area contributed by atoms with Crippen LogP contribution in [0, 0.1) is 0 Å². The van der Waals surface area contributed by atoms with Crippen molar-refractivity contribution < 1.29 is 9.84 Å². The molecule has 1 aliphatic rings. The molecule has 0 unspecified atom stereocenters. The van der Waals surface area contributed by atoms with Crippen LogP contribution in [0.2, 0.25) is 0 Å². The lowest BCUT2D eigenvalue weighted by molar-refractivity contribution is 0.444. The van der Waals surface area contributed by atoms with E-state index >= 15 is 0 Å². The first kappa shape index (κ1) is 7.18. The lowest BCUT2D eigenvalue weighted by atomic mass is 10.0. The summed E-state index contributed by atoms with van der Waals surface area (Å²) in [5, 5.41) is 9.17. The molecule has 1 aromatic rings. The van der Waals surface area contributed by atoms with Crippen molar-refractivity contribution in [2.45, 2.75) is 6.04 Å². The van der Waals surface area contributed by atoms with E-state index in [0.717, 1.165) is 5.56 Å². The molecule has 1 atom stereocenters. The molecule has 0 fully saturated rings. The molecule has 2 rings (SSSR count). The Balaban J connectivity index is 2.52. The monoisotopic (exact) mass is 163 g/mol. The maximum atomic E-state index is 9.17. The van der Waals surface area contributed by atoms with E-state index in [2.05, 4.69) is 0 Å². The topological polar surface area (TPSA) is 55.5 Å². The molecule has 1 heterocycles. The highest BCUT2D eigenvalue weighted by Gasteiger charge is 2.13. The number of ether oxygens (including phenoxy) is 1. The van der Waals surface area contributed by atoms with Crippen LogP contribution in [-0.4, -0.2) is 5.11 Å². The molecule has 3 N–H and O–H groups in total. The molecule has 1 aromatic carbocycles. The van der Waals surface area contributed by atoms with Crippen LogP contribution in [0.4, 0.5) is 0 Å². The number of nitrogens with two attached hydrogens (primary N) is 1. The van der Waals surface area contributed by atoms with Gasteiger partial charge in [0.1, 0.15) is 11.5 Å². The van der Waals surface area contributed by atoms with Gasteiger partial charge >= 0.3 is 0 Å². The molecule has 0 radical (unpaired) electrons. The van der Waals surface area contributed by atoms with Crippen molar-refractivity contribution in [2.75, 3.05) is 0 Å². The zero-order valence-electron chi connectivity index (χ0n) is 6.40. The van der Waals surface area contributed by atoms with Crippen molar-refractivity contribution >= 4 is 0 Å². The van der Waals surface area contributed by atoms with E-state index in [-0.39, 0.29) is 11.8 Å². The van der Waals surface area contributed by atoms with E-state index in [0.29, 0.717) is 5.75 Å². The maximum absolute atomic E-state index is 9.17. The van der Waals surface area contributed by atoms with Gasteiger partial charge < -0.3 is 15.6 Å². The Morgan fingerprint density at radius 1 is 1.42 bits per heavy atom. The van der Waals surface area contributed by atoms with Crippen LogP contribution >= 0.6 is 0 Å². The second kappa shape index (κ2) is 2.53. The summed E-state index contributed by atoms with van der Waals surface area (Å²) in [4.78, 5) is 0. The molecule has 3 heteroatoms. The molecule has 0 saturated carbocycles. The van der Waals surface area contributed by atoms with Crippen LogP contribution in [0.25, 0.3) is 0 Å². The van der Waals surface area contributed by atoms with Gasteiger partial charge in [0, 0.05) is 5.56 Å². The molecule has 12 heavy (non-hydrogen) atoms. The van der Waals surface area contributed by atoms with Gasteiger partial charge in [-0.1, -0.05) is 0 Å². The summed E-state index contributed by atoms with van der Waals surface area (Å²) in [5.41, 5.74) is 6.55. The third kappa shape index (κ3) is 1.04. The molecule has 0 spiro atoms. The number of hydrogen-bond donors (Lipinski definition) is 2. The minimum Gasteiger partial charge on any atom is -0.508 e. The molecule has 0 amide bonds. The van der Waals surface area contributed by atoms with Crippen LogP contribution in [0.3, 0.4) is 0 Å². The summed E-state index contributed by atoms with van der Waals surface area (Å²) in [6, 6.07) is 4.71. The van der Waals surface area contributed by atoms with E-state index in [1.165, 1.54) is 0 Å². The van der Waals surface area contributed by atoms with Crippen LogP contribution in [0.15, 0.2) is 30.5 Å². The number of hydrogen-bond acceptors (Lipinski definition) is 3. The van der Waals surface area contributed by atoms with E-state index in [4.69, 9.17) is 10.5 Å². The predicted molar refractivity (Wildman–Crippen MR) is 44.8 cm³/mol. The van der Waals surface area contributed by atoms with Gasteiger partial charge in [-0.05, 0) is 24.3 Å². The molecule has 62 valence electrons. The van der Waals surface area contributed by atoms with E-state index in [9.17, 15) is 5.11 Å². The summed E-state index contributed by atoms with van der Waals surface area (Å²) in [6.45, 7) is 0. The summed E-state index contributed by atoms with van der Waals surface area (Å²) < 4.78 is 5.18. The van der Waals surface area contributed by atoms with Crippen molar-refractivity contribution in [1.82, 2.24) is 0 Å². The third-order valence-electron chi connectivity index (χ3n) is 1.83. The molecular weight excluding hydrogens is 154 g/mol. The summed E-state index contributed by atoms with van der Waals surface area (Å²) in [7, 11) is 0. The molecule has 0 aromatic heterocycles. The fourth-order valence-corrected chi connectivity index (χ4v) is 1.20. The number of phenols is 1. The molecule has 0 aliphatic carbocycles. The second-order valence-corrected chi connectivity index (χ2v) is 2.69. The molecule has 3 nitrogen and oxygen atoms in total. The normalized spacial score (nSPS) is 19.9. The average Bonchev–Trinajstić information content (AvgIpc) is 2.07. The summed E-state index contributed by atoms with van der Waals surface area (Å²) >= 11 is 0. The number of benzene rings is 1. The minimum absolute atomic E-state index is 0.180. The lowest BCUT2D eigenvalue weighted by Gasteiger charge is -2.16. The van der Waals surface area contributed by atoms with Gasteiger partial charge in [0.05, 0.1) is 12.3 Å². The number of fused-ring (bicyclic) bond motifs is 1. The Labute approximate surface area is 70.1 Å². The van der Waals surface area contributed by atoms with Crippen molar-refractivity contribution in [1.29, 1.82) is 0 Å². The Bertz CT molecular complexity index is 333. The van der Waals surface area contributed by atoms with Gasteiger partial charge in [-0.2, -0.15) is 0 Å². The van der Waals surface area contributed by atoms with Crippen LogP contribution < -0.4 is 10.5 Å². The number of rotatable bonds is 0. The molecule has 0 saturated heterocycles. The Morgan fingerprint density at radius 3 is 3.08 bits per heavy atom. The van der Waals surface area contributed by atoms with Crippen molar-refractivity contribution in [3.05, 3.63) is 36.1 Å². The molecule has 0 bridgehead atoms.